The molecule has 0 heterocycles. The first-order valence-electron chi connectivity index (χ1n) is 8.00. The van der Waals surface area contributed by atoms with Crippen LogP contribution in [0.15, 0.2) is 0 Å². The maximum absolute atomic E-state index is 14.0. The van der Waals surface area contributed by atoms with Crippen LogP contribution < -0.4 is 0 Å². The zero-order valence-electron chi connectivity index (χ0n) is 16.8. The molecule has 0 radical (unpaired) electrons. The highest BCUT2D eigenvalue weighted by molar-refractivity contribution is 5.76. The van der Waals surface area contributed by atoms with Crippen LogP contribution >= 0.6 is 0 Å². The summed E-state index contributed by atoms with van der Waals surface area (Å²) in [7, 11) is 0. The second kappa shape index (κ2) is 9.65. The maximum atomic E-state index is 14.0. The Kier molecular flexibility index (Phi) is 9.10. The number of carboxylic acids is 1. The highest BCUT2D eigenvalue weighted by Crippen LogP contribution is 2.59. The van der Waals surface area contributed by atoms with Crippen LogP contribution in [0.1, 0.15) is 0 Å². The highest BCUT2D eigenvalue weighted by atomic mass is 19.4. The highest BCUT2D eigenvalue weighted by Gasteiger charge is 2.88. The van der Waals surface area contributed by atoms with Crippen molar-refractivity contribution in [1.82, 2.24) is 0 Å². The van der Waals surface area contributed by atoms with E-state index in [2.05, 4.69) is 0 Å². The fourth-order valence-corrected chi connectivity index (χ4v) is 1.68. The minimum atomic E-state index is -8.77. The fourth-order valence-electron chi connectivity index (χ4n) is 1.68. The number of carboxylic acid groups (broad SMARTS) is 1. The molecule has 0 bridgehead atoms. The van der Waals surface area contributed by atoms with Gasteiger partial charge in [0.2, 0.25) is 0 Å². The average molecular weight is 662 g/mol. The zero-order chi connectivity index (χ0) is 33.2. The lowest BCUT2D eigenvalue weighted by Gasteiger charge is -2.42. The SMILES string of the molecule is O=C(O)[C@@](F)(OC(F)(F)[C@](F)(OC(F)(F)[C@](F)(OC(F)(F)C(F)(F)C(F)(F)F)C(F)(F)F)C(F)(F)F)C(F)(F)F. The van der Waals surface area contributed by atoms with E-state index in [0.29, 0.717) is 0 Å². The molecule has 0 saturated heterocycles. The zero-order valence-corrected chi connectivity index (χ0v) is 16.8. The Hall–Kier alpha value is -2.26. The van der Waals surface area contributed by atoms with E-state index < -0.39 is 72.5 Å². The summed E-state index contributed by atoms with van der Waals surface area (Å²) >= 11 is 0. The first-order valence-corrected chi connectivity index (χ1v) is 8.00. The molecule has 0 aliphatic carbocycles. The van der Waals surface area contributed by atoms with Crippen molar-refractivity contribution < 1.29 is 125 Å². The minimum absolute atomic E-state index is 0.973. The predicted molar refractivity (Wildman–Crippen MR) is 66.4 cm³/mol. The molecule has 240 valence electrons. The second-order valence-electron chi connectivity index (χ2n) is 6.51. The third-order valence-corrected chi connectivity index (χ3v) is 3.65. The summed E-state index contributed by atoms with van der Waals surface area (Å²) in [5, 5.41) is 7.92. The number of hydrogen-bond donors (Lipinski definition) is 1. The predicted octanol–water partition coefficient (Wildman–Crippen LogP) is 6.78. The number of rotatable bonds is 10. The summed E-state index contributed by atoms with van der Waals surface area (Å²) < 4.78 is 300. The molecular formula is C12HF23O5. The Morgan fingerprint density at radius 3 is 0.900 bits per heavy atom. The van der Waals surface area contributed by atoms with Gasteiger partial charge in [-0.1, -0.05) is 0 Å². The molecule has 0 unspecified atom stereocenters. The third kappa shape index (κ3) is 6.01. The quantitative estimate of drug-likeness (QED) is 0.262. The Morgan fingerprint density at radius 2 is 0.675 bits per heavy atom. The van der Waals surface area contributed by atoms with Gasteiger partial charge in [0.25, 0.3) is 0 Å². The molecule has 0 aromatic heterocycles. The Bertz CT molecular complexity index is 930. The van der Waals surface area contributed by atoms with Crippen molar-refractivity contribution in [2.45, 2.75) is 66.5 Å². The van der Waals surface area contributed by atoms with Gasteiger partial charge in [-0.15, -0.1) is 0 Å². The van der Waals surface area contributed by atoms with Crippen LogP contribution in [0.25, 0.3) is 0 Å². The number of ether oxygens (including phenoxy) is 3. The van der Waals surface area contributed by atoms with Crippen molar-refractivity contribution in [3.63, 3.8) is 0 Å². The van der Waals surface area contributed by atoms with Gasteiger partial charge in [0.1, 0.15) is 0 Å². The van der Waals surface area contributed by atoms with Gasteiger partial charge in [-0.05, 0) is 0 Å². The topological polar surface area (TPSA) is 65.0 Å². The summed E-state index contributed by atoms with van der Waals surface area (Å²) in [4.78, 5) is 10.2. The van der Waals surface area contributed by atoms with Crippen LogP contribution in [0.4, 0.5) is 101 Å². The molecular weight excluding hydrogens is 661 g/mol. The third-order valence-electron chi connectivity index (χ3n) is 3.65. The molecule has 3 atom stereocenters. The number of aliphatic carboxylic acids is 1. The lowest BCUT2D eigenvalue weighted by atomic mass is 10.2. The molecule has 28 heteroatoms. The van der Waals surface area contributed by atoms with Crippen LogP contribution in [0.5, 0.6) is 0 Å². The van der Waals surface area contributed by atoms with Gasteiger partial charge >= 0.3 is 72.5 Å². The van der Waals surface area contributed by atoms with Gasteiger partial charge in [-0.2, -0.15) is 101 Å². The van der Waals surface area contributed by atoms with Crippen molar-refractivity contribution in [3.8, 4) is 0 Å². The standard InChI is InChI=1S/C12HF23O5/c13-2(1(36)37,6(18,19)20)38-11(32,33)4(16,8(24,25)26)40-12(34,35)5(17,9(27,28)29)39-10(30,31)3(14,15)7(21,22)23/h(H,36,37)/t2-,4-,5-/m1/s1. The summed E-state index contributed by atoms with van der Waals surface area (Å²) in [5.41, 5.74) is 0. The van der Waals surface area contributed by atoms with Crippen LogP contribution in [0.2, 0.25) is 0 Å². The van der Waals surface area contributed by atoms with E-state index in [-0.39, 0.29) is 0 Å². The number of alkyl halides is 23. The van der Waals surface area contributed by atoms with E-state index in [9.17, 15) is 106 Å². The molecule has 0 spiro atoms. The molecule has 0 amide bonds. The van der Waals surface area contributed by atoms with E-state index in [4.69, 9.17) is 5.11 Å². The molecule has 0 aromatic rings. The van der Waals surface area contributed by atoms with Gasteiger partial charge < -0.3 is 5.11 Å². The largest absolute Gasteiger partial charge is 0.477 e. The first-order chi connectivity index (χ1) is 16.8. The lowest BCUT2D eigenvalue weighted by Crippen LogP contribution is -2.70. The molecule has 40 heavy (non-hydrogen) atoms. The summed E-state index contributed by atoms with van der Waals surface area (Å²) in [5.74, 6) is -37.4. The van der Waals surface area contributed by atoms with Crippen LogP contribution in [-0.2, 0) is 19.0 Å². The monoisotopic (exact) mass is 662 g/mol. The molecule has 5 nitrogen and oxygen atoms in total. The van der Waals surface area contributed by atoms with Gasteiger partial charge in [0.15, 0.2) is 0 Å². The Balaban J connectivity index is 7.24. The van der Waals surface area contributed by atoms with Crippen molar-refractivity contribution in [1.29, 1.82) is 0 Å². The van der Waals surface area contributed by atoms with Crippen molar-refractivity contribution >= 4 is 5.97 Å². The Labute approximate surface area is 199 Å². The molecule has 0 aromatic carbocycles. The van der Waals surface area contributed by atoms with Crippen molar-refractivity contribution in [2.75, 3.05) is 0 Å². The summed E-state index contributed by atoms with van der Waals surface area (Å²) in [6, 6.07) is 0. The molecule has 0 fully saturated rings. The Morgan fingerprint density at radius 1 is 0.400 bits per heavy atom. The van der Waals surface area contributed by atoms with Crippen molar-refractivity contribution in [2.24, 2.45) is 0 Å². The first kappa shape index (κ1) is 37.7. The van der Waals surface area contributed by atoms with Gasteiger partial charge in [-0.25, -0.2) is 4.79 Å². The lowest BCUT2D eigenvalue weighted by molar-refractivity contribution is -0.578. The molecule has 0 aliphatic rings. The van der Waals surface area contributed by atoms with Gasteiger partial charge in [-0.3, -0.25) is 14.2 Å². The number of halogens is 23. The average Bonchev–Trinajstić information content (AvgIpc) is 2.62. The summed E-state index contributed by atoms with van der Waals surface area (Å²) in [6.07, 6.45) is -57.8. The molecule has 0 saturated carbocycles. The fraction of sp³-hybridized carbons (Fsp3) is 0.917. The molecule has 0 rings (SSSR count). The number of carbonyl (C=O) groups is 1. The van der Waals surface area contributed by atoms with Crippen LogP contribution in [0.3, 0.4) is 0 Å². The molecule has 0 aliphatic heterocycles. The maximum Gasteiger partial charge on any atom is 0.462 e. The molecule has 1 N–H and O–H groups in total. The van der Waals surface area contributed by atoms with Crippen molar-refractivity contribution in [3.05, 3.63) is 0 Å². The van der Waals surface area contributed by atoms with E-state index in [1.807, 2.05) is 0 Å². The van der Waals surface area contributed by atoms with E-state index >= 15 is 0 Å². The second-order valence-corrected chi connectivity index (χ2v) is 6.51. The normalized spacial score (nSPS) is 20.0. The number of hydrogen-bond acceptors (Lipinski definition) is 4. The summed E-state index contributed by atoms with van der Waals surface area (Å²) in [6.45, 7) is 0. The van der Waals surface area contributed by atoms with Gasteiger partial charge in [0.05, 0.1) is 0 Å². The smallest absolute Gasteiger partial charge is 0.462 e. The van der Waals surface area contributed by atoms with Crippen LogP contribution in [0, 0.1) is 0 Å². The van der Waals surface area contributed by atoms with E-state index in [0.717, 1.165) is 9.47 Å². The van der Waals surface area contributed by atoms with E-state index in [1.54, 1.807) is 0 Å². The van der Waals surface area contributed by atoms with Crippen LogP contribution in [-0.4, -0.2) is 77.6 Å². The van der Waals surface area contributed by atoms with Gasteiger partial charge in [0, 0.05) is 0 Å². The minimum Gasteiger partial charge on any atom is -0.477 e. The van der Waals surface area contributed by atoms with E-state index in [1.165, 1.54) is 4.74 Å².